The number of nitrogens with zero attached hydrogens (tertiary/aromatic N) is 1. The molecule has 1 atom stereocenters. The lowest BCUT2D eigenvalue weighted by Gasteiger charge is -2.24. The third-order valence-corrected chi connectivity index (χ3v) is 3.30. The van der Waals surface area contributed by atoms with E-state index in [0.29, 0.717) is 6.42 Å². The van der Waals surface area contributed by atoms with Crippen LogP contribution in [-0.4, -0.2) is 17.1 Å². The zero-order chi connectivity index (χ0) is 12.5. The number of carbonyl (C=O) groups is 1. The van der Waals surface area contributed by atoms with E-state index in [-0.39, 0.29) is 12.4 Å². The molecular formula is C15H14ClNO2. The maximum Gasteiger partial charge on any atom is 0.327 e. The van der Waals surface area contributed by atoms with Crippen LogP contribution in [0.5, 0.6) is 0 Å². The second-order valence-electron chi connectivity index (χ2n) is 4.39. The topological polar surface area (TPSA) is 40.5 Å². The predicted octanol–water partition coefficient (Wildman–Crippen LogP) is 3.26. The normalized spacial score (nSPS) is 16.6. The Morgan fingerprint density at radius 3 is 2.37 bits per heavy atom. The van der Waals surface area contributed by atoms with E-state index in [1.54, 1.807) is 0 Å². The van der Waals surface area contributed by atoms with Crippen LogP contribution in [0.15, 0.2) is 54.6 Å². The fourth-order valence-corrected chi connectivity index (χ4v) is 2.49. The number of fused-ring (bicyclic) bond motifs is 1. The highest BCUT2D eigenvalue weighted by Gasteiger charge is 2.34. The maximum absolute atomic E-state index is 11.4. The van der Waals surface area contributed by atoms with Crippen molar-refractivity contribution in [2.24, 2.45) is 0 Å². The van der Waals surface area contributed by atoms with Crippen LogP contribution in [-0.2, 0) is 11.2 Å². The number of aliphatic carboxylic acids is 1. The van der Waals surface area contributed by atoms with Gasteiger partial charge in [0.1, 0.15) is 6.04 Å². The van der Waals surface area contributed by atoms with Crippen molar-refractivity contribution >= 4 is 29.8 Å². The van der Waals surface area contributed by atoms with Gasteiger partial charge in [-0.15, -0.1) is 12.4 Å². The average molecular weight is 276 g/mol. The first-order valence-corrected chi connectivity index (χ1v) is 5.92. The van der Waals surface area contributed by atoms with Crippen molar-refractivity contribution in [1.82, 2.24) is 0 Å². The van der Waals surface area contributed by atoms with Crippen molar-refractivity contribution in [3.63, 3.8) is 0 Å². The minimum Gasteiger partial charge on any atom is -0.480 e. The van der Waals surface area contributed by atoms with Gasteiger partial charge >= 0.3 is 5.97 Å². The van der Waals surface area contributed by atoms with Crippen molar-refractivity contribution < 1.29 is 9.90 Å². The monoisotopic (exact) mass is 275 g/mol. The smallest absolute Gasteiger partial charge is 0.327 e. The van der Waals surface area contributed by atoms with Gasteiger partial charge in [0, 0.05) is 17.8 Å². The Hall–Kier alpha value is -2.00. The van der Waals surface area contributed by atoms with Crippen molar-refractivity contribution in [2.45, 2.75) is 12.5 Å². The van der Waals surface area contributed by atoms with Gasteiger partial charge in [0.15, 0.2) is 0 Å². The zero-order valence-corrected chi connectivity index (χ0v) is 11.0. The summed E-state index contributed by atoms with van der Waals surface area (Å²) < 4.78 is 0. The molecule has 0 bridgehead atoms. The van der Waals surface area contributed by atoms with Crippen LogP contribution in [0.4, 0.5) is 11.4 Å². The lowest BCUT2D eigenvalue weighted by atomic mass is 10.1. The van der Waals surface area contributed by atoms with Crippen LogP contribution in [0.1, 0.15) is 5.56 Å². The van der Waals surface area contributed by atoms with Gasteiger partial charge in [-0.2, -0.15) is 0 Å². The molecule has 3 rings (SSSR count). The van der Waals surface area contributed by atoms with Crippen molar-refractivity contribution in [3.05, 3.63) is 60.2 Å². The zero-order valence-electron chi connectivity index (χ0n) is 10.2. The Morgan fingerprint density at radius 1 is 1.05 bits per heavy atom. The minimum absolute atomic E-state index is 0. The van der Waals surface area contributed by atoms with E-state index in [4.69, 9.17) is 0 Å². The molecule has 0 spiro atoms. The standard InChI is InChI=1S/C15H13NO2.ClH/c17-15(18)14-10-11-6-4-5-9-13(11)16(14)12-7-2-1-3-8-12;/h1-9,14H,10H2,(H,17,18);1H. The molecule has 98 valence electrons. The number of hydrogen-bond donors (Lipinski definition) is 1. The summed E-state index contributed by atoms with van der Waals surface area (Å²) in [6, 6.07) is 17.0. The number of carboxylic acid groups (broad SMARTS) is 1. The molecule has 0 fully saturated rings. The number of para-hydroxylation sites is 2. The molecule has 1 aliphatic rings. The molecule has 1 heterocycles. The molecule has 19 heavy (non-hydrogen) atoms. The van der Waals surface area contributed by atoms with E-state index in [9.17, 15) is 9.90 Å². The van der Waals surface area contributed by atoms with Crippen LogP contribution < -0.4 is 4.90 Å². The first kappa shape index (κ1) is 13.4. The summed E-state index contributed by atoms with van der Waals surface area (Å²) in [6.07, 6.45) is 0.556. The van der Waals surface area contributed by atoms with E-state index in [1.807, 2.05) is 59.5 Å². The Morgan fingerprint density at radius 2 is 1.68 bits per heavy atom. The number of carboxylic acids is 1. The van der Waals surface area contributed by atoms with Crippen LogP contribution in [0, 0.1) is 0 Å². The van der Waals surface area contributed by atoms with Gasteiger partial charge in [-0.3, -0.25) is 0 Å². The van der Waals surface area contributed by atoms with E-state index in [0.717, 1.165) is 16.9 Å². The van der Waals surface area contributed by atoms with Crippen molar-refractivity contribution in [3.8, 4) is 0 Å². The Kier molecular flexibility index (Phi) is 3.76. The number of benzene rings is 2. The van der Waals surface area contributed by atoms with E-state index in [1.165, 1.54) is 0 Å². The summed E-state index contributed by atoms with van der Waals surface area (Å²) in [4.78, 5) is 13.3. The van der Waals surface area contributed by atoms with Crippen LogP contribution in [0.25, 0.3) is 0 Å². The Labute approximate surface area is 117 Å². The quantitative estimate of drug-likeness (QED) is 0.915. The highest BCUT2D eigenvalue weighted by molar-refractivity contribution is 5.87. The molecule has 0 amide bonds. The Bertz CT molecular complexity index is 586. The second kappa shape index (κ2) is 5.33. The Balaban J connectivity index is 0.00000133. The summed E-state index contributed by atoms with van der Waals surface area (Å²) in [6.45, 7) is 0. The van der Waals surface area contributed by atoms with Gasteiger partial charge in [0.25, 0.3) is 0 Å². The molecule has 2 aromatic carbocycles. The molecule has 0 aromatic heterocycles. The lowest BCUT2D eigenvalue weighted by molar-refractivity contribution is -0.138. The maximum atomic E-state index is 11.4. The second-order valence-corrected chi connectivity index (χ2v) is 4.39. The van der Waals surface area contributed by atoms with Gasteiger partial charge in [-0.1, -0.05) is 36.4 Å². The highest BCUT2D eigenvalue weighted by Crippen LogP contribution is 2.37. The van der Waals surface area contributed by atoms with Gasteiger partial charge in [-0.25, -0.2) is 4.79 Å². The summed E-state index contributed by atoms with van der Waals surface area (Å²) >= 11 is 0. The number of anilines is 2. The molecule has 0 aliphatic carbocycles. The molecule has 4 heteroatoms. The van der Waals surface area contributed by atoms with Crippen LogP contribution in [0.2, 0.25) is 0 Å². The first-order chi connectivity index (χ1) is 8.77. The average Bonchev–Trinajstić information content (AvgIpc) is 2.79. The summed E-state index contributed by atoms with van der Waals surface area (Å²) in [5.41, 5.74) is 3.01. The van der Waals surface area contributed by atoms with Gasteiger partial charge in [0.05, 0.1) is 0 Å². The molecule has 0 radical (unpaired) electrons. The SMILES string of the molecule is Cl.O=C(O)C1Cc2ccccc2N1c1ccccc1. The van der Waals surface area contributed by atoms with Gasteiger partial charge in [0.2, 0.25) is 0 Å². The molecule has 3 nitrogen and oxygen atoms in total. The minimum atomic E-state index is -0.782. The number of halogens is 1. The van der Waals surface area contributed by atoms with Crippen LogP contribution in [0.3, 0.4) is 0 Å². The molecule has 2 aromatic rings. The summed E-state index contributed by atoms with van der Waals surface area (Å²) in [5.74, 6) is -0.782. The fraction of sp³-hybridized carbons (Fsp3) is 0.133. The molecule has 1 unspecified atom stereocenters. The van der Waals surface area contributed by atoms with Gasteiger partial charge < -0.3 is 10.0 Å². The van der Waals surface area contributed by atoms with Gasteiger partial charge in [-0.05, 0) is 23.8 Å². The molecule has 0 saturated carbocycles. The summed E-state index contributed by atoms with van der Waals surface area (Å²) in [5, 5.41) is 9.38. The molecule has 1 N–H and O–H groups in total. The van der Waals surface area contributed by atoms with E-state index < -0.39 is 12.0 Å². The molecule has 0 saturated heterocycles. The first-order valence-electron chi connectivity index (χ1n) is 5.92. The fourth-order valence-electron chi connectivity index (χ4n) is 2.49. The van der Waals surface area contributed by atoms with Crippen molar-refractivity contribution in [2.75, 3.05) is 4.90 Å². The third-order valence-electron chi connectivity index (χ3n) is 3.30. The largest absolute Gasteiger partial charge is 0.480 e. The number of hydrogen-bond acceptors (Lipinski definition) is 2. The van der Waals surface area contributed by atoms with Crippen molar-refractivity contribution in [1.29, 1.82) is 0 Å². The third kappa shape index (κ3) is 2.29. The summed E-state index contributed by atoms with van der Waals surface area (Å²) in [7, 11) is 0. The lowest BCUT2D eigenvalue weighted by Crippen LogP contribution is -2.35. The van der Waals surface area contributed by atoms with E-state index >= 15 is 0 Å². The highest BCUT2D eigenvalue weighted by atomic mass is 35.5. The molecule has 1 aliphatic heterocycles. The molecular weight excluding hydrogens is 262 g/mol. The number of rotatable bonds is 2. The predicted molar refractivity (Wildman–Crippen MR) is 77.4 cm³/mol. The van der Waals surface area contributed by atoms with E-state index in [2.05, 4.69) is 0 Å². The van der Waals surface area contributed by atoms with Crippen LogP contribution >= 0.6 is 12.4 Å².